The van der Waals surface area contributed by atoms with E-state index in [0.29, 0.717) is 44.6 Å². The molecular weight excluding hydrogens is 704 g/mol. The van der Waals surface area contributed by atoms with Crippen LogP contribution < -0.4 is 0 Å². The molecule has 0 aromatic heterocycles. The van der Waals surface area contributed by atoms with Crippen LogP contribution in [-0.4, -0.2) is 152 Å². The van der Waals surface area contributed by atoms with Crippen molar-refractivity contribution >= 4 is 0 Å². The molecule has 3 saturated carbocycles. The topological polar surface area (TPSA) is 228 Å². The second kappa shape index (κ2) is 16.4. The van der Waals surface area contributed by atoms with Crippen molar-refractivity contribution in [2.24, 2.45) is 46.3 Å². The van der Waals surface area contributed by atoms with Crippen molar-refractivity contribution in [3.05, 3.63) is 11.6 Å². The van der Waals surface area contributed by atoms with Crippen LogP contribution >= 0.6 is 0 Å². The molecule has 14 heteroatoms. The molecule has 0 aromatic carbocycles. The maximum atomic E-state index is 12.8. The van der Waals surface area contributed by atoms with Gasteiger partial charge in [-0.05, 0) is 84.5 Å². The van der Waals surface area contributed by atoms with Crippen LogP contribution in [0.4, 0.5) is 0 Å². The summed E-state index contributed by atoms with van der Waals surface area (Å²) in [4.78, 5) is 0. The zero-order valence-corrected chi connectivity index (χ0v) is 32.8. The van der Waals surface area contributed by atoms with E-state index in [-0.39, 0.29) is 36.7 Å². The second-order valence-electron chi connectivity index (χ2n) is 18.4. The Kier molecular flexibility index (Phi) is 13.0. The third-order valence-electron chi connectivity index (χ3n) is 15.1. The minimum absolute atomic E-state index is 0.0251. The molecule has 9 N–H and O–H groups in total. The Labute approximate surface area is 319 Å². The minimum Gasteiger partial charge on any atom is -0.394 e. The van der Waals surface area contributed by atoms with Gasteiger partial charge in [-0.3, -0.25) is 0 Å². The van der Waals surface area contributed by atoms with Gasteiger partial charge < -0.3 is 69.6 Å². The smallest absolute Gasteiger partial charge is 0.187 e. The number of hydrogen-bond acceptors (Lipinski definition) is 14. The normalized spacial score (nSPS) is 50.3. The summed E-state index contributed by atoms with van der Waals surface area (Å²) in [6, 6.07) is 0. The third-order valence-corrected chi connectivity index (χ3v) is 15.1. The summed E-state index contributed by atoms with van der Waals surface area (Å²) in [6.45, 7) is 10.4. The Morgan fingerprint density at radius 1 is 0.870 bits per heavy atom. The average Bonchev–Trinajstić information content (AvgIpc) is 3.51. The van der Waals surface area contributed by atoms with Crippen molar-refractivity contribution in [2.75, 3.05) is 26.9 Å². The predicted molar refractivity (Wildman–Crippen MR) is 193 cm³/mol. The van der Waals surface area contributed by atoms with E-state index in [4.69, 9.17) is 23.7 Å². The molecule has 4 aliphatic carbocycles. The highest BCUT2D eigenvalue weighted by Crippen LogP contribution is 2.69. The molecule has 0 amide bonds. The van der Waals surface area contributed by atoms with Gasteiger partial charge in [0.1, 0.15) is 36.6 Å². The number of aliphatic hydroxyl groups is 9. The van der Waals surface area contributed by atoms with Gasteiger partial charge in [0.2, 0.25) is 0 Å². The fraction of sp³-hybridized carbons (Fsp3) is 0.950. The van der Waals surface area contributed by atoms with E-state index < -0.39 is 103 Å². The number of aliphatic hydroxyl groups excluding tert-OH is 8. The monoisotopic (exact) mass is 772 g/mol. The van der Waals surface area contributed by atoms with Crippen LogP contribution in [0.3, 0.4) is 0 Å². The van der Waals surface area contributed by atoms with Gasteiger partial charge >= 0.3 is 0 Å². The molecule has 8 unspecified atom stereocenters. The van der Waals surface area contributed by atoms with Crippen molar-refractivity contribution in [1.82, 2.24) is 0 Å². The molecule has 312 valence electrons. The Balaban J connectivity index is 1.12. The molecule has 0 bridgehead atoms. The molecule has 54 heavy (non-hydrogen) atoms. The van der Waals surface area contributed by atoms with Crippen molar-refractivity contribution < 1.29 is 69.6 Å². The van der Waals surface area contributed by atoms with Crippen LogP contribution in [0, 0.1) is 46.3 Å². The van der Waals surface area contributed by atoms with Crippen LogP contribution in [0.5, 0.6) is 0 Å². The molecule has 2 saturated heterocycles. The third kappa shape index (κ3) is 7.38. The van der Waals surface area contributed by atoms with Gasteiger partial charge in [0.05, 0.1) is 49.8 Å². The van der Waals surface area contributed by atoms with Gasteiger partial charge in [-0.25, -0.2) is 0 Å². The van der Waals surface area contributed by atoms with Crippen molar-refractivity contribution in [3.63, 3.8) is 0 Å². The molecule has 2 aliphatic heterocycles. The quantitative estimate of drug-likeness (QED) is 0.117. The van der Waals surface area contributed by atoms with Gasteiger partial charge in [0, 0.05) is 19.4 Å². The standard InChI is InChI=1S/C40H68O14/c1-19(2)21(11-14-51-36-33(48)30(45)26(17-41)54-36)8-7-20(3)28-31(46)32(47)35-39(28,5)13-10-27-38(4)12-9-22(15-23(38)24(42)16-40(27,35)49)53-37-34(50-6)29(44)25(43)18-52-37/h15,19-22,24-37,41-49H,7-14,16-18H2,1-6H3/t20?,21-,22+,24-,25-,26+,27?,28+,29?,30?,31-,32?,33?,34?,35?,36-,37+,38+,39-,40+/m1/s1. The summed E-state index contributed by atoms with van der Waals surface area (Å²) in [5.41, 5.74) is -1.77. The maximum absolute atomic E-state index is 12.8. The average molecular weight is 773 g/mol. The molecule has 6 aliphatic rings. The van der Waals surface area contributed by atoms with E-state index in [2.05, 4.69) is 34.6 Å². The van der Waals surface area contributed by atoms with Crippen molar-refractivity contribution in [2.45, 2.75) is 165 Å². The van der Waals surface area contributed by atoms with Crippen LogP contribution in [0.1, 0.15) is 86.0 Å². The number of fused-ring (bicyclic) bond motifs is 5. The zero-order valence-electron chi connectivity index (χ0n) is 32.8. The van der Waals surface area contributed by atoms with E-state index >= 15 is 0 Å². The van der Waals surface area contributed by atoms with Gasteiger partial charge in [-0.1, -0.05) is 47.1 Å². The van der Waals surface area contributed by atoms with E-state index in [9.17, 15) is 46.0 Å². The minimum atomic E-state index is -1.41. The van der Waals surface area contributed by atoms with Gasteiger partial charge in [0.15, 0.2) is 12.6 Å². The van der Waals surface area contributed by atoms with Crippen molar-refractivity contribution in [3.8, 4) is 0 Å². The molecule has 5 fully saturated rings. The fourth-order valence-corrected chi connectivity index (χ4v) is 12.2. The number of rotatable bonds is 13. The SMILES string of the molecule is COC1C(O)[C@H](O)CO[C@H]1O[C@@H]1C=C2[C@H](O)C[C@]3(O)C(CC[C@@]4(C)C3C(O)[C@H](O)[C@@H]4C(C)CC[C@H](CCO[C@@H]3O[C@@H](CO)C(O)C3O)C(C)C)[C@@]2(C)CC1. The lowest BCUT2D eigenvalue weighted by Gasteiger charge is -2.64. The molecule has 14 nitrogen and oxygen atoms in total. The summed E-state index contributed by atoms with van der Waals surface area (Å²) in [6.07, 6.45) is -5.12. The van der Waals surface area contributed by atoms with Crippen LogP contribution in [0.2, 0.25) is 0 Å². The molecule has 0 aromatic rings. The van der Waals surface area contributed by atoms with Crippen molar-refractivity contribution in [1.29, 1.82) is 0 Å². The first-order valence-corrected chi connectivity index (χ1v) is 20.3. The summed E-state index contributed by atoms with van der Waals surface area (Å²) in [5.74, 6) is -0.550. The molecule has 20 atom stereocenters. The Hall–Kier alpha value is -0.820. The summed E-state index contributed by atoms with van der Waals surface area (Å²) >= 11 is 0. The van der Waals surface area contributed by atoms with Crippen LogP contribution in [0.15, 0.2) is 11.6 Å². The molecular formula is C40H68O14. The van der Waals surface area contributed by atoms with E-state index in [1.54, 1.807) is 0 Å². The lowest BCUT2D eigenvalue weighted by molar-refractivity contribution is -0.285. The summed E-state index contributed by atoms with van der Waals surface area (Å²) < 4.78 is 28.6. The van der Waals surface area contributed by atoms with Crippen LogP contribution in [0.25, 0.3) is 0 Å². The van der Waals surface area contributed by atoms with Crippen LogP contribution in [-0.2, 0) is 23.7 Å². The first-order valence-electron chi connectivity index (χ1n) is 20.3. The van der Waals surface area contributed by atoms with E-state index in [0.717, 1.165) is 18.4 Å². The first-order chi connectivity index (χ1) is 25.4. The Bertz CT molecular complexity index is 1300. The molecule has 0 radical (unpaired) electrons. The summed E-state index contributed by atoms with van der Waals surface area (Å²) in [7, 11) is 1.42. The number of methoxy groups -OCH3 is 1. The maximum Gasteiger partial charge on any atom is 0.187 e. The van der Waals surface area contributed by atoms with E-state index in [1.165, 1.54) is 7.11 Å². The van der Waals surface area contributed by atoms with Gasteiger partial charge in [0.25, 0.3) is 0 Å². The second-order valence-corrected chi connectivity index (χ2v) is 18.4. The largest absolute Gasteiger partial charge is 0.394 e. The molecule has 6 rings (SSSR count). The first kappa shape index (κ1) is 42.8. The Morgan fingerprint density at radius 2 is 1.59 bits per heavy atom. The van der Waals surface area contributed by atoms with E-state index in [1.807, 2.05) is 6.08 Å². The predicted octanol–water partition coefficient (Wildman–Crippen LogP) is 0.605. The molecule has 2 heterocycles. The van der Waals surface area contributed by atoms with Gasteiger partial charge in [-0.15, -0.1) is 0 Å². The highest BCUT2D eigenvalue weighted by atomic mass is 16.7. The lowest BCUT2D eigenvalue weighted by Crippen LogP contribution is -2.66. The number of hydrogen-bond donors (Lipinski definition) is 9. The summed E-state index contributed by atoms with van der Waals surface area (Å²) in [5, 5.41) is 98.4. The Morgan fingerprint density at radius 3 is 2.24 bits per heavy atom. The fourth-order valence-electron chi connectivity index (χ4n) is 12.2. The highest BCUT2D eigenvalue weighted by molar-refractivity contribution is 5.33. The number of ether oxygens (including phenoxy) is 5. The lowest BCUT2D eigenvalue weighted by atomic mass is 9.43. The zero-order chi connectivity index (χ0) is 39.5. The van der Waals surface area contributed by atoms with Gasteiger partial charge in [-0.2, -0.15) is 0 Å². The highest BCUT2D eigenvalue weighted by Gasteiger charge is 2.72. The molecule has 0 spiro atoms.